The molecule has 0 bridgehead atoms. The van der Waals surface area contributed by atoms with Gasteiger partial charge in [0, 0.05) is 46.9 Å². The monoisotopic (exact) mass is 701 g/mol. The molecule has 0 radical (unpaired) electrons. The Balaban J connectivity index is 1.18. The molecule has 0 fully saturated rings. The molecule has 2 nitrogen and oxygen atoms in total. The van der Waals surface area contributed by atoms with E-state index in [4.69, 9.17) is 4.42 Å². The first-order valence-corrected chi connectivity index (χ1v) is 19.8. The molecule has 236 valence electrons. The van der Waals surface area contributed by atoms with E-state index in [1.54, 1.807) is 0 Å². The summed E-state index contributed by atoms with van der Waals surface area (Å²) in [4.78, 5) is 10.5. The van der Waals surface area contributed by atoms with Gasteiger partial charge in [0.25, 0.3) is 13.4 Å². The lowest BCUT2D eigenvalue weighted by atomic mass is 9.32. The average Bonchev–Trinajstić information content (AvgIpc) is 3.56. The lowest BCUT2D eigenvalue weighted by molar-refractivity contribution is 0.645. The van der Waals surface area contributed by atoms with Gasteiger partial charge in [0.05, 0.1) is 10.6 Å². The zero-order chi connectivity index (χ0) is 33.2. The van der Waals surface area contributed by atoms with Crippen molar-refractivity contribution in [3.05, 3.63) is 152 Å². The number of para-hydroxylation sites is 2. The van der Waals surface area contributed by atoms with E-state index in [0.29, 0.717) is 0 Å². The van der Waals surface area contributed by atoms with Crippen LogP contribution < -0.4 is 37.9 Å². The summed E-state index contributed by atoms with van der Waals surface area (Å²) in [7, 11) is 0. The smallest absolute Gasteiger partial charge is 0.292 e. The lowest BCUT2D eigenvalue weighted by Gasteiger charge is -2.43. The third kappa shape index (κ3) is 4.03. The van der Waals surface area contributed by atoms with Gasteiger partial charge in [-0.05, 0) is 88.2 Å². The van der Waals surface area contributed by atoms with Crippen LogP contribution >= 0.6 is 35.3 Å². The van der Waals surface area contributed by atoms with Crippen LogP contribution in [0.5, 0.6) is 0 Å². The molecule has 0 spiro atoms. The number of furan rings is 1. The minimum atomic E-state index is 0.0288. The highest BCUT2D eigenvalue weighted by atomic mass is 32.2. The molecule has 8 aromatic rings. The fourth-order valence-electron chi connectivity index (χ4n) is 8.73. The van der Waals surface area contributed by atoms with Crippen molar-refractivity contribution >= 4 is 110 Å². The van der Waals surface area contributed by atoms with Crippen LogP contribution in [-0.4, -0.2) is 13.4 Å². The molecule has 7 aromatic carbocycles. The summed E-state index contributed by atoms with van der Waals surface area (Å²) in [6, 6.07) is 55.9. The molecular formula is C44H25B2NOS3. The first-order valence-electron chi connectivity index (χ1n) is 17.3. The highest BCUT2D eigenvalue weighted by Crippen LogP contribution is 2.47. The number of benzene rings is 7. The minimum absolute atomic E-state index is 0.0288. The molecule has 12 rings (SSSR count). The molecule has 0 aliphatic carbocycles. The Kier molecular flexibility index (Phi) is 6.07. The van der Waals surface area contributed by atoms with Gasteiger partial charge in [-0.3, -0.25) is 0 Å². The molecule has 0 amide bonds. The zero-order valence-electron chi connectivity index (χ0n) is 27.2. The quantitative estimate of drug-likeness (QED) is 0.168. The Morgan fingerprint density at radius 2 is 1.18 bits per heavy atom. The van der Waals surface area contributed by atoms with Crippen molar-refractivity contribution in [1.29, 1.82) is 0 Å². The Morgan fingerprint density at radius 3 is 2.04 bits per heavy atom. The highest BCUT2D eigenvalue weighted by molar-refractivity contribution is 8.01. The standard InChI is InChI=1S/C44H25B2NOS3/c1-3-12-26(13-4-1)27-24-33-39-38(25-27)49-35-19-10-8-17-30(35)45(39)40-32(47(33)28-14-5-2-6-15-28)23-22-31-43(40)51-37-21-11-20-36-41(37)46(31)44-42(50-36)29-16-7-9-18-34(29)48-44/h1-25H. The number of hydrogen-bond donors (Lipinski definition) is 0. The lowest BCUT2D eigenvalue weighted by Crippen LogP contribution is -2.64. The van der Waals surface area contributed by atoms with Gasteiger partial charge in [-0.15, -0.1) is 0 Å². The Bertz CT molecular complexity index is 2760. The molecule has 0 unspecified atom stereocenters. The van der Waals surface area contributed by atoms with Crippen molar-refractivity contribution in [1.82, 2.24) is 0 Å². The van der Waals surface area contributed by atoms with E-state index in [-0.39, 0.29) is 13.4 Å². The topological polar surface area (TPSA) is 16.4 Å². The Morgan fingerprint density at radius 1 is 0.451 bits per heavy atom. The number of hydrogen-bond acceptors (Lipinski definition) is 5. The van der Waals surface area contributed by atoms with Gasteiger partial charge in [0.2, 0.25) is 0 Å². The maximum atomic E-state index is 6.84. The molecule has 0 atom stereocenters. The molecule has 4 aliphatic rings. The summed E-state index contributed by atoms with van der Waals surface area (Å²) in [6.07, 6.45) is 0. The largest absolute Gasteiger partial charge is 0.469 e. The third-order valence-corrected chi connectivity index (χ3v) is 14.4. The minimum Gasteiger partial charge on any atom is -0.469 e. The number of nitrogens with zero attached hydrogens (tertiary/aromatic N) is 1. The predicted octanol–water partition coefficient (Wildman–Crippen LogP) is 8.31. The molecule has 4 aliphatic heterocycles. The first-order chi connectivity index (χ1) is 25.3. The van der Waals surface area contributed by atoms with Gasteiger partial charge in [-0.1, -0.05) is 137 Å². The first kappa shape index (κ1) is 28.7. The fourth-order valence-corrected chi connectivity index (χ4v) is 12.6. The third-order valence-electron chi connectivity index (χ3n) is 10.8. The maximum Gasteiger partial charge on any atom is 0.292 e. The van der Waals surface area contributed by atoms with Crippen molar-refractivity contribution in [2.24, 2.45) is 0 Å². The van der Waals surface area contributed by atoms with Crippen molar-refractivity contribution in [2.45, 2.75) is 29.4 Å². The van der Waals surface area contributed by atoms with E-state index in [1.807, 2.05) is 35.3 Å². The van der Waals surface area contributed by atoms with Crippen LogP contribution in [0, 0.1) is 0 Å². The summed E-state index contributed by atoms with van der Waals surface area (Å²) in [5.74, 6) is 0. The van der Waals surface area contributed by atoms with Crippen molar-refractivity contribution in [2.75, 3.05) is 4.90 Å². The van der Waals surface area contributed by atoms with Crippen LogP contribution in [0.4, 0.5) is 17.1 Å². The molecule has 0 saturated carbocycles. The van der Waals surface area contributed by atoms with E-state index in [2.05, 4.69) is 157 Å². The molecule has 1 aromatic heterocycles. The van der Waals surface area contributed by atoms with Crippen LogP contribution in [0.1, 0.15) is 0 Å². The van der Waals surface area contributed by atoms with Gasteiger partial charge in [-0.25, -0.2) is 0 Å². The number of rotatable bonds is 2. The predicted molar refractivity (Wildman–Crippen MR) is 217 cm³/mol. The molecular weight excluding hydrogens is 676 g/mol. The highest BCUT2D eigenvalue weighted by Gasteiger charge is 2.47. The molecule has 0 N–H and O–H groups in total. The van der Waals surface area contributed by atoms with E-state index < -0.39 is 0 Å². The van der Waals surface area contributed by atoms with E-state index >= 15 is 0 Å². The second kappa shape index (κ2) is 10.8. The molecule has 7 heteroatoms. The van der Waals surface area contributed by atoms with Crippen molar-refractivity contribution in [3.8, 4) is 11.1 Å². The number of fused-ring (bicyclic) bond motifs is 11. The van der Waals surface area contributed by atoms with Gasteiger partial charge in [-0.2, -0.15) is 0 Å². The molecule has 5 heterocycles. The van der Waals surface area contributed by atoms with Crippen LogP contribution in [-0.2, 0) is 0 Å². The van der Waals surface area contributed by atoms with Gasteiger partial charge in [0.15, 0.2) is 0 Å². The second-order valence-corrected chi connectivity index (χ2v) is 16.7. The summed E-state index contributed by atoms with van der Waals surface area (Å²) in [5.41, 5.74) is 15.1. The molecule has 51 heavy (non-hydrogen) atoms. The SMILES string of the molecule is c1ccc(-c2cc3c4c(c2)N(c2ccccc2)c2ccc5c(c2B4c2ccccc2S3)Sc2cccc3c2B5c2oc4ccccc4c2S3)cc1. The Labute approximate surface area is 309 Å². The summed E-state index contributed by atoms with van der Waals surface area (Å²) >= 11 is 5.73. The van der Waals surface area contributed by atoms with Crippen LogP contribution in [0.15, 0.2) is 185 Å². The second-order valence-electron chi connectivity index (χ2n) is 13.5. The van der Waals surface area contributed by atoms with E-state index in [1.165, 1.54) is 90.3 Å². The van der Waals surface area contributed by atoms with Crippen molar-refractivity contribution in [3.63, 3.8) is 0 Å². The normalized spacial score (nSPS) is 14.3. The summed E-state index contributed by atoms with van der Waals surface area (Å²) in [5, 5.41) is 1.20. The average molecular weight is 702 g/mol. The van der Waals surface area contributed by atoms with Crippen LogP contribution in [0.3, 0.4) is 0 Å². The number of anilines is 3. The van der Waals surface area contributed by atoms with Gasteiger partial charge in [0.1, 0.15) is 5.58 Å². The maximum absolute atomic E-state index is 6.84. The van der Waals surface area contributed by atoms with Crippen LogP contribution in [0.25, 0.3) is 22.1 Å². The van der Waals surface area contributed by atoms with E-state index in [0.717, 1.165) is 11.2 Å². The van der Waals surface area contributed by atoms with Crippen molar-refractivity contribution < 1.29 is 4.42 Å². The zero-order valence-corrected chi connectivity index (χ0v) is 29.6. The van der Waals surface area contributed by atoms with Crippen LogP contribution in [0.2, 0.25) is 0 Å². The fraction of sp³-hybridized carbons (Fsp3) is 0. The summed E-state index contributed by atoms with van der Waals surface area (Å²) < 4.78 is 6.84. The van der Waals surface area contributed by atoms with Gasteiger partial charge < -0.3 is 9.32 Å². The summed E-state index contributed by atoms with van der Waals surface area (Å²) in [6.45, 7) is 0.119. The molecule has 0 saturated heterocycles. The van der Waals surface area contributed by atoms with E-state index in [9.17, 15) is 0 Å². The van der Waals surface area contributed by atoms with Gasteiger partial charge >= 0.3 is 0 Å². The Hall–Kier alpha value is -4.94.